The van der Waals surface area contributed by atoms with Crippen molar-refractivity contribution in [2.45, 2.75) is 130 Å². The SMILES string of the molecule is CC[C@@]1(C)[C@@H]2CC[C@]3(C)[C@@H](CC[C@]45OC[C@@]6(CCC(C)(C)C[C@@H]64)[C@H](O)C[C@@H]35)[C@@]2(C)CC[C@@H]1O. The normalized spacial score (nSPS) is 61.5. The molecule has 33 heavy (non-hydrogen) atoms. The highest BCUT2D eigenvalue weighted by Gasteiger charge is 2.75. The molecule has 0 amide bonds. The van der Waals surface area contributed by atoms with Gasteiger partial charge in [-0.3, -0.25) is 0 Å². The van der Waals surface area contributed by atoms with Crippen LogP contribution in [0.15, 0.2) is 0 Å². The molecule has 1 saturated heterocycles. The summed E-state index contributed by atoms with van der Waals surface area (Å²) in [5.41, 5.74) is 0.948. The molecule has 1 heterocycles. The van der Waals surface area contributed by atoms with E-state index in [4.69, 9.17) is 4.74 Å². The van der Waals surface area contributed by atoms with E-state index >= 15 is 0 Å². The third-order valence-corrected chi connectivity index (χ3v) is 13.9. The van der Waals surface area contributed by atoms with E-state index < -0.39 is 0 Å². The van der Waals surface area contributed by atoms with E-state index in [1.54, 1.807) is 0 Å². The van der Waals surface area contributed by atoms with Crippen molar-refractivity contribution in [1.29, 1.82) is 0 Å². The van der Waals surface area contributed by atoms with Gasteiger partial charge >= 0.3 is 0 Å². The molecule has 0 aromatic carbocycles. The number of hydrogen-bond donors (Lipinski definition) is 2. The maximum Gasteiger partial charge on any atom is 0.0752 e. The van der Waals surface area contributed by atoms with Gasteiger partial charge in [-0.1, -0.05) is 41.5 Å². The summed E-state index contributed by atoms with van der Waals surface area (Å²) >= 11 is 0. The average molecular weight is 459 g/mol. The first-order valence-electron chi connectivity index (χ1n) is 14.4. The molecule has 3 nitrogen and oxygen atoms in total. The first-order chi connectivity index (χ1) is 15.4. The molecular formula is C30H50O3. The van der Waals surface area contributed by atoms with Crippen LogP contribution in [-0.4, -0.2) is 34.6 Å². The van der Waals surface area contributed by atoms with Gasteiger partial charge in [0.15, 0.2) is 0 Å². The van der Waals surface area contributed by atoms with Gasteiger partial charge in [0.2, 0.25) is 0 Å². The summed E-state index contributed by atoms with van der Waals surface area (Å²) in [5.74, 6) is 2.29. The molecule has 0 aromatic rings. The molecule has 3 heteroatoms. The van der Waals surface area contributed by atoms with Crippen LogP contribution in [0.2, 0.25) is 0 Å². The highest BCUT2D eigenvalue weighted by molar-refractivity contribution is 5.24. The largest absolute Gasteiger partial charge is 0.393 e. The van der Waals surface area contributed by atoms with E-state index in [-0.39, 0.29) is 34.1 Å². The van der Waals surface area contributed by atoms with Crippen molar-refractivity contribution in [1.82, 2.24) is 0 Å². The van der Waals surface area contributed by atoms with Crippen molar-refractivity contribution in [2.24, 2.45) is 50.7 Å². The highest BCUT2D eigenvalue weighted by Crippen LogP contribution is 2.76. The van der Waals surface area contributed by atoms with Crippen molar-refractivity contribution in [3.63, 3.8) is 0 Å². The molecule has 188 valence electrons. The van der Waals surface area contributed by atoms with E-state index in [1.165, 1.54) is 38.5 Å². The second kappa shape index (κ2) is 6.80. The Labute approximate surface area is 202 Å². The minimum atomic E-state index is -0.200. The number of rotatable bonds is 1. The van der Waals surface area contributed by atoms with Gasteiger partial charge in [-0.25, -0.2) is 0 Å². The lowest BCUT2D eigenvalue weighted by molar-refractivity contribution is -0.259. The molecule has 6 fully saturated rings. The minimum Gasteiger partial charge on any atom is -0.393 e. The van der Waals surface area contributed by atoms with Crippen LogP contribution < -0.4 is 0 Å². The Hall–Kier alpha value is -0.120. The van der Waals surface area contributed by atoms with Gasteiger partial charge in [0.1, 0.15) is 0 Å². The maximum absolute atomic E-state index is 11.7. The van der Waals surface area contributed by atoms with Crippen LogP contribution in [0.4, 0.5) is 0 Å². The van der Waals surface area contributed by atoms with E-state index in [0.29, 0.717) is 34.5 Å². The van der Waals surface area contributed by atoms with Crippen LogP contribution in [0.1, 0.15) is 112 Å². The fraction of sp³-hybridized carbons (Fsp3) is 1.00. The maximum atomic E-state index is 11.7. The van der Waals surface area contributed by atoms with Crippen LogP contribution in [0.3, 0.4) is 0 Å². The van der Waals surface area contributed by atoms with Crippen molar-refractivity contribution < 1.29 is 14.9 Å². The number of aliphatic hydroxyl groups excluding tert-OH is 2. The third kappa shape index (κ3) is 2.64. The van der Waals surface area contributed by atoms with E-state index in [9.17, 15) is 10.2 Å². The summed E-state index contributed by atoms with van der Waals surface area (Å²) in [6.07, 6.45) is 12.3. The molecular weight excluding hydrogens is 408 g/mol. The number of aliphatic hydroxyl groups is 2. The standard InChI is InChI=1S/C30H50O3/c1-7-26(4)19-8-11-28(6)20(27(19,5)12-10-23(26)31)9-13-30-21(28)16-24(32)29(18-33-30)15-14-25(2,3)17-22(29)30/h19-24,31-32H,7-18H2,1-6H3/t19-,20-,21-,22-,23-,24+,26-,27-,28+,29+,30+/m0/s1. The fourth-order valence-corrected chi connectivity index (χ4v) is 11.9. The molecule has 1 aliphatic heterocycles. The van der Waals surface area contributed by atoms with Crippen molar-refractivity contribution in [3.05, 3.63) is 0 Å². The lowest BCUT2D eigenvalue weighted by Gasteiger charge is -2.71. The van der Waals surface area contributed by atoms with Gasteiger partial charge in [-0.15, -0.1) is 0 Å². The van der Waals surface area contributed by atoms with Crippen LogP contribution in [0.5, 0.6) is 0 Å². The van der Waals surface area contributed by atoms with E-state index in [0.717, 1.165) is 38.7 Å². The molecule has 1 spiro atoms. The molecule has 5 saturated carbocycles. The van der Waals surface area contributed by atoms with Crippen molar-refractivity contribution in [2.75, 3.05) is 6.61 Å². The van der Waals surface area contributed by atoms with Crippen LogP contribution in [0, 0.1) is 50.7 Å². The van der Waals surface area contributed by atoms with Gasteiger partial charge in [0, 0.05) is 5.41 Å². The molecule has 6 aliphatic rings. The summed E-state index contributed by atoms with van der Waals surface area (Å²) < 4.78 is 7.03. The Morgan fingerprint density at radius 2 is 1.39 bits per heavy atom. The summed E-state index contributed by atoms with van der Waals surface area (Å²) in [6.45, 7) is 15.6. The van der Waals surface area contributed by atoms with E-state index in [2.05, 4.69) is 41.5 Å². The summed E-state index contributed by atoms with van der Waals surface area (Å²) in [6, 6.07) is 0. The third-order valence-electron chi connectivity index (χ3n) is 13.9. The summed E-state index contributed by atoms with van der Waals surface area (Å²) in [7, 11) is 0. The fourth-order valence-electron chi connectivity index (χ4n) is 11.9. The molecule has 11 atom stereocenters. The molecule has 0 aromatic heterocycles. The molecule has 5 aliphatic carbocycles. The topological polar surface area (TPSA) is 49.7 Å². The molecule has 6 rings (SSSR count). The highest BCUT2D eigenvalue weighted by atomic mass is 16.5. The zero-order chi connectivity index (χ0) is 23.7. The second-order valence-corrected chi connectivity index (χ2v) is 15.3. The van der Waals surface area contributed by atoms with Gasteiger partial charge in [-0.2, -0.15) is 0 Å². The lowest BCUT2D eigenvalue weighted by Crippen LogP contribution is -2.69. The predicted molar refractivity (Wildman–Crippen MR) is 132 cm³/mol. The van der Waals surface area contributed by atoms with Crippen molar-refractivity contribution >= 4 is 0 Å². The molecule has 2 bridgehead atoms. The zero-order valence-electron chi connectivity index (χ0n) is 22.3. The van der Waals surface area contributed by atoms with Crippen LogP contribution >= 0.6 is 0 Å². The van der Waals surface area contributed by atoms with Crippen molar-refractivity contribution in [3.8, 4) is 0 Å². The first kappa shape index (κ1) is 23.3. The smallest absolute Gasteiger partial charge is 0.0752 e. The van der Waals surface area contributed by atoms with E-state index in [1.807, 2.05) is 0 Å². The number of fused-ring (bicyclic) bond motifs is 4. The number of hydrogen-bond acceptors (Lipinski definition) is 3. The second-order valence-electron chi connectivity index (χ2n) is 15.3. The van der Waals surface area contributed by atoms with Gasteiger partial charge < -0.3 is 14.9 Å². The van der Waals surface area contributed by atoms with Gasteiger partial charge in [0.25, 0.3) is 0 Å². The van der Waals surface area contributed by atoms with Gasteiger partial charge in [-0.05, 0) is 116 Å². The summed E-state index contributed by atoms with van der Waals surface area (Å²) in [4.78, 5) is 0. The molecule has 2 N–H and O–H groups in total. The van der Waals surface area contributed by atoms with Crippen LogP contribution in [0.25, 0.3) is 0 Å². The van der Waals surface area contributed by atoms with Gasteiger partial charge in [0.05, 0.1) is 24.4 Å². The quantitative estimate of drug-likeness (QED) is 0.481. The Morgan fingerprint density at radius 3 is 2.12 bits per heavy atom. The Bertz CT molecular complexity index is 823. The zero-order valence-corrected chi connectivity index (χ0v) is 22.3. The van der Waals surface area contributed by atoms with Crippen LogP contribution in [-0.2, 0) is 4.74 Å². The Balaban J connectivity index is 1.40. The average Bonchev–Trinajstić information content (AvgIpc) is 3.00. The monoisotopic (exact) mass is 458 g/mol. The first-order valence-corrected chi connectivity index (χ1v) is 14.4. The summed E-state index contributed by atoms with van der Waals surface area (Å²) in [5, 5.41) is 22.8. The lowest BCUT2D eigenvalue weighted by atomic mass is 9.34. The molecule has 0 radical (unpaired) electrons. The Kier molecular flexibility index (Phi) is 4.80. The predicted octanol–water partition coefficient (Wildman–Crippen LogP) is 6.35. The minimum absolute atomic E-state index is 0.00634. The number of ether oxygens (including phenoxy) is 1. The Morgan fingerprint density at radius 1 is 0.727 bits per heavy atom. The molecule has 0 unspecified atom stereocenters.